The van der Waals surface area contributed by atoms with E-state index in [0.717, 1.165) is 30.6 Å². The van der Waals surface area contributed by atoms with Gasteiger partial charge in [-0.1, -0.05) is 18.2 Å². The minimum absolute atomic E-state index is 0.201. The molecular weight excluding hydrogens is 318 g/mol. The second kappa shape index (κ2) is 5.07. The van der Waals surface area contributed by atoms with Gasteiger partial charge >= 0.3 is 6.03 Å². The van der Waals surface area contributed by atoms with Crippen LogP contribution in [0.3, 0.4) is 0 Å². The Hall–Kier alpha value is -2.37. The third-order valence-corrected chi connectivity index (χ3v) is 5.68. The number of rotatable bonds is 0. The van der Waals surface area contributed by atoms with Gasteiger partial charge in [-0.2, -0.15) is 0 Å². The van der Waals surface area contributed by atoms with Gasteiger partial charge < -0.3 is 4.90 Å². The van der Waals surface area contributed by atoms with Crippen LogP contribution in [-0.4, -0.2) is 40.9 Å². The minimum Gasteiger partial charge on any atom is -0.367 e. The van der Waals surface area contributed by atoms with Gasteiger partial charge in [-0.15, -0.1) is 0 Å². The molecule has 0 radical (unpaired) electrons. The van der Waals surface area contributed by atoms with Gasteiger partial charge in [-0.05, 0) is 51.7 Å². The molecular formula is C19H23N3O3. The van der Waals surface area contributed by atoms with Gasteiger partial charge in [-0.25, -0.2) is 4.79 Å². The summed E-state index contributed by atoms with van der Waals surface area (Å²) in [5.41, 5.74) is 0.184. The molecule has 2 saturated heterocycles. The van der Waals surface area contributed by atoms with E-state index in [9.17, 15) is 14.4 Å². The molecule has 1 aromatic carbocycles. The zero-order chi connectivity index (χ0) is 18.0. The number of nitrogens with one attached hydrogen (secondary N) is 1. The quantitative estimate of drug-likeness (QED) is 0.734. The summed E-state index contributed by atoms with van der Waals surface area (Å²) in [5.74, 6) is -0.811. The number of barbiturate groups is 1. The Bertz CT molecular complexity index is 782. The van der Waals surface area contributed by atoms with E-state index in [1.807, 2.05) is 39.0 Å². The third-order valence-electron chi connectivity index (χ3n) is 5.68. The summed E-state index contributed by atoms with van der Waals surface area (Å²) < 4.78 is 0. The van der Waals surface area contributed by atoms with Crippen molar-refractivity contribution in [1.29, 1.82) is 0 Å². The number of carbonyl (C=O) groups is 3. The first kappa shape index (κ1) is 16.1. The Morgan fingerprint density at radius 3 is 2.60 bits per heavy atom. The van der Waals surface area contributed by atoms with Crippen molar-refractivity contribution in [1.82, 2.24) is 10.2 Å². The predicted molar refractivity (Wildman–Crippen MR) is 93.1 cm³/mol. The average Bonchev–Trinajstić information content (AvgIpc) is 3.01. The van der Waals surface area contributed by atoms with Crippen LogP contribution in [-0.2, 0) is 16.0 Å². The highest BCUT2D eigenvalue weighted by Crippen LogP contribution is 2.48. The van der Waals surface area contributed by atoms with Crippen LogP contribution in [0.1, 0.15) is 39.2 Å². The lowest BCUT2D eigenvalue weighted by Gasteiger charge is -2.51. The Labute approximate surface area is 147 Å². The van der Waals surface area contributed by atoms with Gasteiger partial charge in [0, 0.05) is 17.8 Å². The van der Waals surface area contributed by atoms with Crippen molar-refractivity contribution < 1.29 is 14.4 Å². The lowest BCUT2D eigenvalue weighted by molar-refractivity contribution is -0.156. The lowest BCUT2D eigenvalue weighted by Crippen LogP contribution is -2.73. The molecule has 0 bridgehead atoms. The van der Waals surface area contributed by atoms with Gasteiger partial charge in [0.15, 0.2) is 5.41 Å². The molecule has 3 aliphatic rings. The molecule has 0 aliphatic carbocycles. The SMILES string of the molecule is CC(C)(C)N1C(=O)NC(=O)[C@@]2(Cc3ccccc3N3CCC[C@H]32)C1=O. The van der Waals surface area contributed by atoms with Crippen LogP contribution in [0.5, 0.6) is 0 Å². The van der Waals surface area contributed by atoms with Gasteiger partial charge in [0.1, 0.15) is 0 Å². The van der Waals surface area contributed by atoms with E-state index in [2.05, 4.69) is 16.3 Å². The van der Waals surface area contributed by atoms with Gasteiger partial charge in [0.25, 0.3) is 0 Å². The van der Waals surface area contributed by atoms with Crippen molar-refractivity contribution in [2.45, 2.75) is 51.6 Å². The number of fused-ring (bicyclic) bond motifs is 4. The highest BCUT2D eigenvalue weighted by molar-refractivity contribution is 6.20. The van der Waals surface area contributed by atoms with Crippen LogP contribution in [0.4, 0.5) is 10.5 Å². The number of hydrogen-bond acceptors (Lipinski definition) is 4. The first-order valence-corrected chi connectivity index (χ1v) is 8.81. The summed E-state index contributed by atoms with van der Waals surface area (Å²) >= 11 is 0. The molecule has 1 spiro atoms. The van der Waals surface area contributed by atoms with E-state index in [-0.39, 0.29) is 11.9 Å². The molecule has 6 nitrogen and oxygen atoms in total. The van der Waals surface area contributed by atoms with Crippen LogP contribution in [0.2, 0.25) is 0 Å². The molecule has 0 aromatic heterocycles. The molecule has 4 amide bonds. The fourth-order valence-corrected chi connectivity index (χ4v) is 4.64. The number of benzene rings is 1. The van der Waals surface area contributed by atoms with Gasteiger partial charge in [0.05, 0.1) is 6.04 Å². The van der Waals surface area contributed by atoms with E-state index in [1.54, 1.807) is 0 Å². The highest BCUT2D eigenvalue weighted by atomic mass is 16.2. The molecule has 2 atom stereocenters. The number of nitrogens with zero attached hydrogens (tertiary/aromatic N) is 2. The highest BCUT2D eigenvalue weighted by Gasteiger charge is 2.63. The van der Waals surface area contributed by atoms with Crippen molar-refractivity contribution in [2.75, 3.05) is 11.4 Å². The number of para-hydroxylation sites is 1. The standard InChI is InChI=1S/C19H23N3O3/c1-18(2,3)22-16(24)19(15(23)20-17(22)25)11-12-7-4-5-8-13(12)21-10-6-9-14(19)21/h4-5,7-8,14H,6,9-11H2,1-3H3,(H,20,23,25)/t14-,19-/m0/s1. The maximum absolute atomic E-state index is 13.5. The van der Waals surface area contributed by atoms with E-state index in [4.69, 9.17) is 0 Å². The Morgan fingerprint density at radius 1 is 1.16 bits per heavy atom. The first-order valence-electron chi connectivity index (χ1n) is 8.81. The van der Waals surface area contributed by atoms with Gasteiger partial charge in [-0.3, -0.25) is 19.8 Å². The van der Waals surface area contributed by atoms with Crippen molar-refractivity contribution in [3.05, 3.63) is 29.8 Å². The van der Waals surface area contributed by atoms with Gasteiger partial charge in [0.2, 0.25) is 11.8 Å². The fraction of sp³-hybridized carbons (Fsp3) is 0.526. The normalized spacial score (nSPS) is 28.9. The van der Waals surface area contributed by atoms with E-state index in [1.165, 1.54) is 4.90 Å². The zero-order valence-corrected chi connectivity index (χ0v) is 14.8. The molecule has 2 fully saturated rings. The van der Waals surface area contributed by atoms with E-state index in [0.29, 0.717) is 6.42 Å². The molecule has 6 heteroatoms. The molecule has 25 heavy (non-hydrogen) atoms. The van der Waals surface area contributed by atoms with Crippen molar-refractivity contribution >= 4 is 23.5 Å². The maximum atomic E-state index is 13.5. The average molecular weight is 341 g/mol. The number of carbonyl (C=O) groups excluding carboxylic acids is 3. The molecule has 0 unspecified atom stereocenters. The minimum atomic E-state index is -1.23. The van der Waals surface area contributed by atoms with Crippen molar-refractivity contribution in [3.63, 3.8) is 0 Å². The Morgan fingerprint density at radius 2 is 1.88 bits per heavy atom. The van der Waals surface area contributed by atoms with Crippen LogP contribution in [0.25, 0.3) is 0 Å². The maximum Gasteiger partial charge on any atom is 0.331 e. The number of urea groups is 1. The third kappa shape index (κ3) is 2.06. The fourth-order valence-electron chi connectivity index (χ4n) is 4.64. The molecule has 1 N–H and O–H groups in total. The predicted octanol–water partition coefficient (Wildman–Crippen LogP) is 2.07. The van der Waals surface area contributed by atoms with Crippen LogP contribution in [0.15, 0.2) is 24.3 Å². The topological polar surface area (TPSA) is 69.7 Å². The number of anilines is 1. The Kier molecular flexibility index (Phi) is 3.27. The molecule has 1 aromatic rings. The summed E-state index contributed by atoms with van der Waals surface area (Å²) in [6.45, 7) is 6.28. The van der Waals surface area contributed by atoms with E-state index >= 15 is 0 Å². The molecule has 3 heterocycles. The first-order chi connectivity index (χ1) is 11.8. The smallest absolute Gasteiger partial charge is 0.331 e. The van der Waals surface area contributed by atoms with E-state index < -0.39 is 22.9 Å². The second-order valence-electron chi connectivity index (χ2n) is 8.20. The summed E-state index contributed by atoms with van der Waals surface area (Å²) in [7, 11) is 0. The summed E-state index contributed by atoms with van der Waals surface area (Å²) in [5, 5.41) is 2.47. The van der Waals surface area contributed by atoms with Crippen molar-refractivity contribution in [2.24, 2.45) is 5.41 Å². The van der Waals surface area contributed by atoms with Crippen molar-refractivity contribution in [3.8, 4) is 0 Å². The second-order valence-corrected chi connectivity index (χ2v) is 8.20. The summed E-state index contributed by atoms with van der Waals surface area (Å²) in [4.78, 5) is 42.4. The number of amides is 4. The largest absolute Gasteiger partial charge is 0.367 e. The monoisotopic (exact) mass is 341 g/mol. The molecule has 132 valence electrons. The van der Waals surface area contributed by atoms with Crippen LogP contribution < -0.4 is 10.2 Å². The van der Waals surface area contributed by atoms with Crippen LogP contribution in [0, 0.1) is 5.41 Å². The summed E-state index contributed by atoms with van der Waals surface area (Å²) in [6.07, 6.45) is 2.05. The molecule has 4 rings (SSSR count). The molecule has 3 aliphatic heterocycles. The number of imide groups is 2. The lowest BCUT2D eigenvalue weighted by atomic mass is 9.68. The number of hydrogen-bond donors (Lipinski definition) is 1. The summed E-state index contributed by atoms with van der Waals surface area (Å²) in [6, 6.07) is 7.13. The van der Waals surface area contributed by atoms with Crippen LogP contribution >= 0.6 is 0 Å². The Balaban J connectivity index is 1.89. The zero-order valence-electron chi connectivity index (χ0n) is 14.8. The molecule has 0 saturated carbocycles.